The van der Waals surface area contributed by atoms with E-state index >= 15 is 0 Å². The molecule has 1 aromatic carbocycles. The van der Waals surface area contributed by atoms with Crippen LogP contribution in [0.1, 0.15) is 29.9 Å². The molecule has 0 saturated carbocycles. The summed E-state index contributed by atoms with van der Waals surface area (Å²) in [4.78, 5) is 8.78. The zero-order valence-corrected chi connectivity index (χ0v) is 12.3. The van der Waals surface area contributed by atoms with E-state index in [1.54, 1.807) is 6.20 Å². The number of rotatable bonds is 3. The minimum Gasteiger partial charge on any atom is -0.362 e. The number of halogens is 1. The fourth-order valence-electron chi connectivity index (χ4n) is 1.67. The van der Waals surface area contributed by atoms with Gasteiger partial charge in [0.2, 0.25) is 0 Å². The van der Waals surface area contributed by atoms with Crippen molar-refractivity contribution in [2.75, 3.05) is 5.32 Å². The molecule has 0 saturated heterocycles. The number of aromatic nitrogens is 2. The molecule has 0 bridgehead atoms. The average Bonchev–Trinajstić information content (AvgIpc) is 2.34. The lowest BCUT2D eigenvalue weighted by molar-refractivity contribution is 0.865. The minimum absolute atomic E-state index is 0.203. The molecule has 1 N–H and O–H groups in total. The quantitative estimate of drug-likeness (QED) is 0.930. The topological polar surface area (TPSA) is 37.8 Å². The second-order valence-corrected chi connectivity index (χ2v) is 5.26. The van der Waals surface area contributed by atoms with Crippen LogP contribution < -0.4 is 5.32 Å². The van der Waals surface area contributed by atoms with Gasteiger partial charge in [-0.3, -0.25) is 4.98 Å². The van der Waals surface area contributed by atoms with E-state index in [2.05, 4.69) is 50.3 Å². The summed E-state index contributed by atoms with van der Waals surface area (Å²) in [5, 5.41) is 3.36. The van der Waals surface area contributed by atoms with Gasteiger partial charge < -0.3 is 5.32 Å². The van der Waals surface area contributed by atoms with Crippen LogP contribution in [0.4, 0.5) is 5.82 Å². The summed E-state index contributed by atoms with van der Waals surface area (Å²) in [5.74, 6) is 0.813. The van der Waals surface area contributed by atoms with Crippen molar-refractivity contribution in [2.45, 2.75) is 26.8 Å². The van der Waals surface area contributed by atoms with E-state index in [1.807, 2.05) is 26.0 Å². The molecule has 4 heteroatoms. The first-order chi connectivity index (χ1) is 8.56. The molecule has 18 heavy (non-hydrogen) atoms. The molecule has 3 nitrogen and oxygen atoms in total. The number of nitrogens with zero attached hydrogens (tertiary/aromatic N) is 2. The number of aryl methyl sites for hydroxylation is 2. The largest absolute Gasteiger partial charge is 0.362 e. The second kappa shape index (κ2) is 5.48. The smallest absolute Gasteiger partial charge is 0.145 e. The van der Waals surface area contributed by atoms with Gasteiger partial charge in [-0.05, 0) is 38.5 Å². The molecule has 0 aliphatic rings. The van der Waals surface area contributed by atoms with E-state index in [0.29, 0.717) is 0 Å². The Hall–Kier alpha value is -1.42. The van der Waals surface area contributed by atoms with E-state index in [4.69, 9.17) is 0 Å². The maximum Gasteiger partial charge on any atom is 0.145 e. The van der Waals surface area contributed by atoms with Crippen molar-refractivity contribution in [3.8, 4) is 0 Å². The standard InChI is InChI=1S/C14H16BrN3/c1-9-10(2)17-14(8-16-9)18-11(3)12-4-6-13(15)7-5-12/h4-8,11H,1-3H3,(H,17,18). The molecule has 0 fully saturated rings. The number of hydrogen-bond acceptors (Lipinski definition) is 3. The van der Waals surface area contributed by atoms with Gasteiger partial charge in [0.1, 0.15) is 5.82 Å². The summed E-state index contributed by atoms with van der Waals surface area (Å²) in [6.45, 7) is 6.04. The van der Waals surface area contributed by atoms with Crippen molar-refractivity contribution in [3.63, 3.8) is 0 Å². The van der Waals surface area contributed by atoms with Crippen molar-refractivity contribution in [1.82, 2.24) is 9.97 Å². The lowest BCUT2D eigenvalue weighted by atomic mass is 10.1. The van der Waals surface area contributed by atoms with Crippen molar-refractivity contribution < 1.29 is 0 Å². The number of benzene rings is 1. The third-order valence-electron chi connectivity index (χ3n) is 2.93. The maximum absolute atomic E-state index is 4.47. The first kappa shape index (κ1) is 13.0. The second-order valence-electron chi connectivity index (χ2n) is 4.34. The van der Waals surface area contributed by atoms with Gasteiger partial charge in [-0.2, -0.15) is 0 Å². The van der Waals surface area contributed by atoms with Crippen LogP contribution in [-0.2, 0) is 0 Å². The Balaban J connectivity index is 2.13. The summed E-state index contributed by atoms with van der Waals surface area (Å²) < 4.78 is 1.09. The molecule has 1 aromatic heterocycles. The predicted octanol–water partition coefficient (Wildman–Crippen LogP) is 4.03. The van der Waals surface area contributed by atoms with Gasteiger partial charge in [-0.15, -0.1) is 0 Å². The van der Waals surface area contributed by atoms with E-state index in [9.17, 15) is 0 Å². The van der Waals surface area contributed by atoms with Crippen LogP contribution >= 0.6 is 15.9 Å². The van der Waals surface area contributed by atoms with Gasteiger partial charge in [0, 0.05) is 10.5 Å². The predicted molar refractivity (Wildman–Crippen MR) is 77.7 cm³/mol. The Bertz CT molecular complexity index is 537. The molecule has 1 heterocycles. The Labute approximate surface area is 116 Å². The maximum atomic E-state index is 4.47. The molecule has 0 spiro atoms. The third kappa shape index (κ3) is 3.07. The minimum atomic E-state index is 0.203. The zero-order valence-electron chi connectivity index (χ0n) is 10.7. The zero-order chi connectivity index (χ0) is 13.1. The van der Waals surface area contributed by atoms with Crippen LogP contribution in [0.25, 0.3) is 0 Å². The van der Waals surface area contributed by atoms with Crippen LogP contribution in [0.3, 0.4) is 0 Å². The summed E-state index contributed by atoms with van der Waals surface area (Å²) in [6, 6.07) is 8.47. The lowest BCUT2D eigenvalue weighted by Crippen LogP contribution is -2.09. The van der Waals surface area contributed by atoms with Gasteiger partial charge in [0.25, 0.3) is 0 Å². The number of hydrogen-bond donors (Lipinski definition) is 1. The van der Waals surface area contributed by atoms with Gasteiger partial charge >= 0.3 is 0 Å². The molecule has 0 radical (unpaired) electrons. The fourth-order valence-corrected chi connectivity index (χ4v) is 1.93. The molecule has 0 aliphatic heterocycles. The SMILES string of the molecule is Cc1ncc(NC(C)c2ccc(Br)cc2)nc1C. The molecule has 94 valence electrons. The summed E-state index contributed by atoms with van der Waals surface area (Å²) in [6.07, 6.45) is 1.78. The van der Waals surface area contributed by atoms with E-state index in [1.165, 1.54) is 5.56 Å². The molecule has 0 aliphatic carbocycles. The van der Waals surface area contributed by atoms with Crippen LogP contribution in [0.2, 0.25) is 0 Å². The Morgan fingerprint density at radius 3 is 2.39 bits per heavy atom. The monoisotopic (exact) mass is 305 g/mol. The highest BCUT2D eigenvalue weighted by atomic mass is 79.9. The number of anilines is 1. The van der Waals surface area contributed by atoms with Crippen molar-refractivity contribution in [3.05, 3.63) is 51.9 Å². The van der Waals surface area contributed by atoms with Crippen molar-refractivity contribution in [1.29, 1.82) is 0 Å². The third-order valence-corrected chi connectivity index (χ3v) is 3.46. The average molecular weight is 306 g/mol. The normalized spacial score (nSPS) is 12.2. The molecular weight excluding hydrogens is 290 g/mol. The first-order valence-electron chi connectivity index (χ1n) is 5.88. The fraction of sp³-hybridized carbons (Fsp3) is 0.286. The van der Waals surface area contributed by atoms with E-state index < -0.39 is 0 Å². The van der Waals surface area contributed by atoms with Gasteiger partial charge in [-0.25, -0.2) is 4.98 Å². The molecule has 1 unspecified atom stereocenters. The highest BCUT2D eigenvalue weighted by molar-refractivity contribution is 9.10. The van der Waals surface area contributed by atoms with Crippen LogP contribution in [0.5, 0.6) is 0 Å². The van der Waals surface area contributed by atoms with Crippen molar-refractivity contribution >= 4 is 21.7 Å². The lowest BCUT2D eigenvalue weighted by Gasteiger charge is -2.15. The van der Waals surface area contributed by atoms with Crippen LogP contribution in [-0.4, -0.2) is 9.97 Å². The van der Waals surface area contributed by atoms with Gasteiger partial charge in [-0.1, -0.05) is 28.1 Å². The molecule has 2 rings (SSSR count). The molecule has 2 aromatic rings. The molecular formula is C14H16BrN3. The Morgan fingerprint density at radius 1 is 1.11 bits per heavy atom. The van der Waals surface area contributed by atoms with E-state index in [-0.39, 0.29) is 6.04 Å². The van der Waals surface area contributed by atoms with Crippen molar-refractivity contribution in [2.24, 2.45) is 0 Å². The van der Waals surface area contributed by atoms with Crippen LogP contribution in [0.15, 0.2) is 34.9 Å². The number of nitrogens with one attached hydrogen (secondary N) is 1. The summed E-state index contributed by atoms with van der Waals surface area (Å²) in [7, 11) is 0. The van der Waals surface area contributed by atoms with Gasteiger partial charge in [0.05, 0.1) is 17.6 Å². The molecule has 0 amide bonds. The Kier molecular flexibility index (Phi) is 3.97. The highest BCUT2D eigenvalue weighted by Gasteiger charge is 2.07. The van der Waals surface area contributed by atoms with E-state index in [0.717, 1.165) is 21.7 Å². The summed E-state index contributed by atoms with van der Waals surface area (Å²) in [5.41, 5.74) is 3.15. The van der Waals surface area contributed by atoms with Gasteiger partial charge in [0.15, 0.2) is 0 Å². The van der Waals surface area contributed by atoms with Crippen LogP contribution in [0, 0.1) is 13.8 Å². The first-order valence-corrected chi connectivity index (χ1v) is 6.68. The Morgan fingerprint density at radius 2 is 1.78 bits per heavy atom. The highest BCUT2D eigenvalue weighted by Crippen LogP contribution is 2.20. The summed E-state index contributed by atoms with van der Waals surface area (Å²) >= 11 is 3.44. The molecule has 1 atom stereocenters.